The fourth-order valence-corrected chi connectivity index (χ4v) is 2.35. The molecule has 2 N–H and O–H groups in total. The van der Waals surface area contributed by atoms with E-state index in [2.05, 4.69) is 6.92 Å². The van der Waals surface area contributed by atoms with Gasteiger partial charge in [-0.25, -0.2) is 0 Å². The van der Waals surface area contributed by atoms with Gasteiger partial charge in [-0.15, -0.1) is 0 Å². The van der Waals surface area contributed by atoms with Crippen molar-refractivity contribution in [2.45, 2.75) is 19.8 Å². The number of nitrogens with two attached hydrogens (primary N) is 1. The Kier molecular flexibility index (Phi) is 5.96. The van der Waals surface area contributed by atoms with Crippen LogP contribution in [-0.4, -0.2) is 24.8 Å². The van der Waals surface area contributed by atoms with Crippen molar-refractivity contribution in [3.63, 3.8) is 0 Å². The quantitative estimate of drug-likeness (QED) is 0.597. The molecule has 0 atom stereocenters. The van der Waals surface area contributed by atoms with Gasteiger partial charge in [0, 0.05) is 17.6 Å². The first-order chi connectivity index (χ1) is 10.2. The zero-order valence-corrected chi connectivity index (χ0v) is 13.1. The number of hydrogen-bond donors (Lipinski definition) is 1. The number of hydrogen-bond acceptors (Lipinski definition) is 3. The van der Waals surface area contributed by atoms with E-state index in [0.29, 0.717) is 18.2 Å². The van der Waals surface area contributed by atoms with Crippen molar-refractivity contribution in [2.24, 2.45) is 5.73 Å². The first kappa shape index (κ1) is 15.7. The smallest absolute Gasteiger partial charge is 0.127 e. The Balaban J connectivity index is 2.07. The SMILES string of the molecule is CCCCOCCOc1ccc(C(N)=S)c2ccccc12. The third kappa shape index (κ3) is 4.16. The molecular weight excluding hydrogens is 282 g/mol. The predicted octanol–water partition coefficient (Wildman–Crippen LogP) is 3.67. The van der Waals surface area contributed by atoms with Crippen LogP contribution in [0.3, 0.4) is 0 Å². The number of unbranched alkanes of at least 4 members (excludes halogenated alkanes) is 1. The largest absolute Gasteiger partial charge is 0.491 e. The van der Waals surface area contributed by atoms with Gasteiger partial charge in [-0.3, -0.25) is 0 Å². The van der Waals surface area contributed by atoms with E-state index in [1.54, 1.807) is 0 Å². The van der Waals surface area contributed by atoms with Gasteiger partial charge in [0.2, 0.25) is 0 Å². The van der Waals surface area contributed by atoms with E-state index < -0.39 is 0 Å². The molecule has 0 bridgehead atoms. The Labute approximate surface area is 131 Å². The fourth-order valence-electron chi connectivity index (χ4n) is 2.17. The van der Waals surface area contributed by atoms with Crippen LogP contribution in [0.4, 0.5) is 0 Å². The minimum Gasteiger partial charge on any atom is -0.491 e. The average Bonchev–Trinajstić information content (AvgIpc) is 2.50. The van der Waals surface area contributed by atoms with Gasteiger partial charge in [0.1, 0.15) is 17.3 Å². The second-order valence-corrected chi connectivity index (χ2v) is 5.28. The summed E-state index contributed by atoms with van der Waals surface area (Å²) in [7, 11) is 0. The number of thiocarbonyl (C=S) groups is 1. The van der Waals surface area contributed by atoms with Crippen LogP contribution in [0.25, 0.3) is 10.8 Å². The summed E-state index contributed by atoms with van der Waals surface area (Å²) in [5.74, 6) is 0.838. The Morgan fingerprint density at radius 1 is 1.05 bits per heavy atom. The Bertz CT molecular complexity index is 613. The molecule has 2 aromatic carbocycles. The van der Waals surface area contributed by atoms with Crippen LogP contribution in [0.15, 0.2) is 36.4 Å². The topological polar surface area (TPSA) is 44.5 Å². The molecule has 0 fully saturated rings. The van der Waals surface area contributed by atoms with Crippen molar-refractivity contribution in [3.05, 3.63) is 42.0 Å². The third-order valence-electron chi connectivity index (χ3n) is 3.28. The highest BCUT2D eigenvalue weighted by atomic mass is 32.1. The Morgan fingerprint density at radius 2 is 1.81 bits per heavy atom. The lowest BCUT2D eigenvalue weighted by atomic mass is 10.0. The van der Waals surface area contributed by atoms with Crippen LogP contribution in [-0.2, 0) is 4.74 Å². The minimum atomic E-state index is 0.403. The predicted molar refractivity (Wildman–Crippen MR) is 91.1 cm³/mol. The van der Waals surface area contributed by atoms with Gasteiger partial charge < -0.3 is 15.2 Å². The van der Waals surface area contributed by atoms with Crippen LogP contribution in [0.5, 0.6) is 5.75 Å². The molecule has 112 valence electrons. The molecule has 4 heteroatoms. The van der Waals surface area contributed by atoms with Crippen molar-refractivity contribution in [2.75, 3.05) is 19.8 Å². The summed E-state index contributed by atoms with van der Waals surface area (Å²) in [5, 5.41) is 2.05. The van der Waals surface area contributed by atoms with E-state index in [0.717, 1.165) is 41.5 Å². The van der Waals surface area contributed by atoms with Crippen molar-refractivity contribution < 1.29 is 9.47 Å². The first-order valence-corrected chi connectivity index (χ1v) is 7.67. The van der Waals surface area contributed by atoms with Crippen LogP contribution in [0.1, 0.15) is 25.3 Å². The molecule has 0 radical (unpaired) electrons. The summed E-state index contributed by atoms with van der Waals surface area (Å²) in [4.78, 5) is 0.403. The zero-order valence-electron chi connectivity index (χ0n) is 12.3. The van der Waals surface area contributed by atoms with Gasteiger partial charge >= 0.3 is 0 Å². The molecule has 0 heterocycles. The van der Waals surface area contributed by atoms with Gasteiger partial charge in [0.15, 0.2) is 0 Å². The van der Waals surface area contributed by atoms with Crippen LogP contribution in [0.2, 0.25) is 0 Å². The van der Waals surface area contributed by atoms with Gasteiger partial charge in [0.25, 0.3) is 0 Å². The monoisotopic (exact) mass is 303 g/mol. The summed E-state index contributed by atoms with van der Waals surface area (Å²) < 4.78 is 11.3. The normalized spacial score (nSPS) is 10.7. The standard InChI is InChI=1S/C17H21NO2S/c1-2-3-10-19-11-12-20-16-9-8-15(17(18)21)13-6-4-5-7-14(13)16/h4-9H,2-3,10-12H2,1H3,(H2,18,21). The zero-order chi connectivity index (χ0) is 15.1. The number of fused-ring (bicyclic) bond motifs is 1. The average molecular weight is 303 g/mol. The molecule has 21 heavy (non-hydrogen) atoms. The Morgan fingerprint density at radius 3 is 2.52 bits per heavy atom. The van der Waals surface area contributed by atoms with Gasteiger partial charge in [0.05, 0.1) is 6.61 Å². The maximum Gasteiger partial charge on any atom is 0.127 e. The summed E-state index contributed by atoms with van der Waals surface area (Å²) in [6.07, 6.45) is 2.23. The van der Waals surface area contributed by atoms with Gasteiger partial charge in [-0.05, 0) is 23.9 Å². The van der Waals surface area contributed by atoms with Crippen molar-refractivity contribution >= 4 is 28.0 Å². The molecule has 0 saturated carbocycles. The van der Waals surface area contributed by atoms with E-state index in [9.17, 15) is 0 Å². The second-order valence-electron chi connectivity index (χ2n) is 4.84. The molecular formula is C17H21NO2S. The number of ether oxygens (including phenoxy) is 2. The third-order valence-corrected chi connectivity index (χ3v) is 3.50. The van der Waals surface area contributed by atoms with E-state index in [-0.39, 0.29) is 0 Å². The van der Waals surface area contributed by atoms with E-state index in [4.69, 9.17) is 27.4 Å². The van der Waals surface area contributed by atoms with Crippen molar-refractivity contribution in [1.29, 1.82) is 0 Å². The first-order valence-electron chi connectivity index (χ1n) is 7.26. The van der Waals surface area contributed by atoms with E-state index >= 15 is 0 Å². The second kappa shape index (κ2) is 7.96. The van der Waals surface area contributed by atoms with Crippen molar-refractivity contribution in [3.8, 4) is 5.75 Å². The molecule has 0 aliphatic heterocycles. The molecule has 3 nitrogen and oxygen atoms in total. The molecule has 0 aliphatic rings. The van der Waals surface area contributed by atoms with Crippen LogP contribution >= 0.6 is 12.2 Å². The Hall–Kier alpha value is -1.65. The van der Waals surface area contributed by atoms with Crippen LogP contribution < -0.4 is 10.5 Å². The van der Waals surface area contributed by atoms with Gasteiger partial charge in [-0.1, -0.05) is 49.8 Å². The maximum absolute atomic E-state index is 5.83. The summed E-state index contributed by atoms with van der Waals surface area (Å²) >= 11 is 5.10. The van der Waals surface area contributed by atoms with Crippen LogP contribution in [0, 0.1) is 0 Å². The number of rotatable bonds is 8. The lowest BCUT2D eigenvalue weighted by Gasteiger charge is -2.12. The molecule has 0 amide bonds. The highest BCUT2D eigenvalue weighted by molar-refractivity contribution is 7.80. The minimum absolute atomic E-state index is 0.403. The fraction of sp³-hybridized carbons (Fsp3) is 0.353. The van der Waals surface area contributed by atoms with E-state index in [1.807, 2.05) is 36.4 Å². The molecule has 2 rings (SSSR count). The van der Waals surface area contributed by atoms with E-state index in [1.165, 1.54) is 0 Å². The van der Waals surface area contributed by atoms with Crippen molar-refractivity contribution in [1.82, 2.24) is 0 Å². The summed E-state index contributed by atoms with van der Waals surface area (Å²) in [6, 6.07) is 11.8. The van der Waals surface area contributed by atoms with Gasteiger partial charge in [-0.2, -0.15) is 0 Å². The number of benzene rings is 2. The molecule has 0 unspecified atom stereocenters. The molecule has 2 aromatic rings. The molecule has 0 saturated heterocycles. The maximum atomic E-state index is 5.83. The molecule has 0 spiro atoms. The lowest BCUT2D eigenvalue weighted by Crippen LogP contribution is -2.11. The summed E-state index contributed by atoms with van der Waals surface area (Å²) in [6.45, 7) is 4.09. The lowest BCUT2D eigenvalue weighted by molar-refractivity contribution is 0.0985. The summed E-state index contributed by atoms with van der Waals surface area (Å²) in [5.41, 5.74) is 6.65. The molecule has 0 aromatic heterocycles. The highest BCUT2D eigenvalue weighted by Crippen LogP contribution is 2.28. The molecule has 0 aliphatic carbocycles. The highest BCUT2D eigenvalue weighted by Gasteiger charge is 2.08.